The Hall–Kier alpha value is -4.41. The second-order valence-electron chi connectivity index (χ2n) is 14.1. The first-order valence-corrected chi connectivity index (χ1v) is 18.8. The fourth-order valence-corrected chi connectivity index (χ4v) is 8.54. The molecule has 0 radical (unpaired) electrons. The van der Waals surface area contributed by atoms with Gasteiger partial charge in [0, 0.05) is 42.4 Å². The molecule has 2 aromatic carbocycles. The van der Waals surface area contributed by atoms with Crippen molar-refractivity contribution in [2.45, 2.75) is 91.8 Å². The minimum Gasteiger partial charge on any atom is -0.493 e. The fourth-order valence-electron chi connectivity index (χ4n) is 8.30. The summed E-state index contributed by atoms with van der Waals surface area (Å²) in [6.07, 6.45) is 6.50. The van der Waals surface area contributed by atoms with E-state index in [0.29, 0.717) is 50.7 Å². The summed E-state index contributed by atoms with van der Waals surface area (Å²) in [5.74, 6) is -0.254. The first-order valence-electron chi connectivity index (χ1n) is 18.4. The quantitative estimate of drug-likeness (QED) is 0.195. The molecule has 1 N–H and O–H groups in total. The van der Waals surface area contributed by atoms with Crippen molar-refractivity contribution in [3.63, 3.8) is 0 Å². The molecular formula is C41H47ClFN5O4. The topological polar surface area (TPSA) is 96.3 Å². The first kappa shape index (κ1) is 36.0. The Balaban J connectivity index is 1.35. The smallest absolute Gasteiger partial charge is 0.352 e. The molecule has 4 heterocycles. The van der Waals surface area contributed by atoms with Crippen LogP contribution in [-0.2, 0) is 48.4 Å². The van der Waals surface area contributed by atoms with Crippen LogP contribution in [0.3, 0.4) is 0 Å². The Labute approximate surface area is 309 Å². The number of carboxylic acids is 1. The van der Waals surface area contributed by atoms with E-state index in [0.717, 1.165) is 92.9 Å². The lowest BCUT2D eigenvalue weighted by molar-refractivity contribution is 0.0684. The number of fused-ring (bicyclic) bond motifs is 7. The third-order valence-electron chi connectivity index (χ3n) is 11.0. The third kappa shape index (κ3) is 6.56. The predicted octanol–water partition coefficient (Wildman–Crippen LogP) is 8.78. The molecule has 1 aliphatic carbocycles. The van der Waals surface area contributed by atoms with Gasteiger partial charge in [0.15, 0.2) is 0 Å². The number of allylic oxidation sites excluding steroid dienone is 1. The van der Waals surface area contributed by atoms with Gasteiger partial charge in [-0.1, -0.05) is 24.6 Å². The molecule has 2 aliphatic rings. The maximum Gasteiger partial charge on any atom is 0.352 e. The molecule has 52 heavy (non-hydrogen) atoms. The van der Waals surface area contributed by atoms with Gasteiger partial charge < -0.3 is 19.1 Å². The first-order chi connectivity index (χ1) is 25.1. The van der Waals surface area contributed by atoms with Gasteiger partial charge in [-0.25, -0.2) is 9.18 Å². The number of ether oxygens (including phenoxy) is 2. The molecule has 0 spiro atoms. The van der Waals surface area contributed by atoms with Crippen LogP contribution in [0.2, 0.25) is 5.02 Å². The number of benzene rings is 2. The number of hydrogen-bond donors (Lipinski definition) is 1. The Kier molecular flexibility index (Phi) is 10.3. The van der Waals surface area contributed by atoms with Crippen molar-refractivity contribution in [2.24, 2.45) is 5.92 Å². The summed E-state index contributed by atoms with van der Waals surface area (Å²) in [7, 11) is 1.70. The number of carboxylic acid groups (broad SMARTS) is 1. The number of rotatable bonds is 5. The fraction of sp³-hybridized carbons (Fsp3) is 0.439. The highest BCUT2D eigenvalue weighted by molar-refractivity contribution is 6.35. The van der Waals surface area contributed by atoms with Crippen LogP contribution in [0, 0.1) is 25.6 Å². The van der Waals surface area contributed by atoms with Gasteiger partial charge in [-0.3, -0.25) is 9.36 Å². The minimum atomic E-state index is -0.973. The molecule has 0 saturated carbocycles. The van der Waals surface area contributed by atoms with Gasteiger partial charge in [-0.05, 0) is 124 Å². The van der Waals surface area contributed by atoms with Crippen molar-refractivity contribution in [1.82, 2.24) is 24.1 Å². The highest BCUT2D eigenvalue weighted by Crippen LogP contribution is 2.43. The van der Waals surface area contributed by atoms with Crippen molar-refractivity contribution >= 4 is 34.2 Å². The lowest BCUT2D eigenvalue weighted by atomic mass is 9.77. The monoisotopic (exact) mass is 727 g/mol. The van der Waals surface area contributed by atoms with Crippen molar-refractivity contribution < 1.29 is 23.8 Å². The molecule has 274 valence electrons. The zero-order chi connectivity index (χ0) is 36.7. The largest absolute Gasteiger partial charge is 0.493 e. The summed E-state index contributed by atoms with van der Waals surface area (Å²) in [6, 6.07) is 11.0. The highest BCUT2D eigenvalue weighted by Gasteiger charge is 2.30. The molecule has 0 saturated heterocycles. The van der Waals surface area contributed by atoms with Gasteiger partial charge in [0.05, 0.1) is 47.4 Å². The number of aromatic carboxylic acids is 1. The van der Waals surface area contributed by atoms with Gasteiger partial charge in [0.2, 0.25) is 0 Å². The van der Waals surface area contributed by atoms with Gasteiger partial charge in [0.25, 0.3) is 0 Å². The molecule has 0 fully saturated rings. The summed E-state index contributed by atoms with van der Waals surface area (Å²) in [5, 5.41) is 22.0. The lowest BCUT2D eigenvalue weighted by Crippen LogP contribution is -2.18. The van der Waals surface area contributed by atoms with Crippen LogP contribution in [0.15, 0.2) is 42.5 Å². The zero-order valence-electron chi connectivity index (χ0n) is 30.6. The van der Waals surface area contributed by atoms with E-state index < -0.39 is 5.97 Å². The molecule has 11 heteroatoms. The third-order valence-corrected chi connectivity index (χ3v) is 11.3. The zero-order valence-corrected chi connectivity index (χ0v) is 31.4. The number of halogens is 2. The molecule has 0 amide bonds. The van der Waals surface area contributed by atoms with Gasteiger partial charge in [0.1, 0.15) is 17.3 Å². The Morgan fingerprint density at radius 3 is 2.71 bits per heavy atom. The van der Waals surface area contributed by atoms with Crippen LogP contribution in [0.25, 0.3) is 27.9 Å². The minimum absolute atomic E-state index is 0.101. The van der Waals surface area contributed by atoms with Crippen molar-refractivity contribution in [1.29, 1.82) is 0 Å². The SMILES string of the molecule is CCn1c(C(=O)O)c2c3ccc(Cl)c(c31)-c1c(C)c(C)nn1CCCc1cc(n(CCOC)n1)CCC1C=C(OCCC2)c2ccc(F)cc2C1C. The average Bonchev–Trinajstić information content (AvgIpc) is 3.76. The van der Waals surface area contributed by atoms with Gasteiger partial charge in [-0.15, -0.1) is 0 Å². The highest BCUT2D eigenvalue weighted by atomic mass is 35.5. The van der Waals surface area contributed by atoms with Crippen molar-refractivity contribution in [3.05, 3.63) is 98.3 Å². The van der Waals surface area contributed by atoms with Crippen LogP contribution in [0.4, 0.5) is 4.39 Å². The summed E-state index contributed by atoms with van der Waals surface area (Å²) < 4.78 is 32.6. The molecule has 7 rings (SSSR count). The number of aromatic nitrogens is 5. The Morgan fingerprint density at radius 2 is 1.94 bits per heavy atom. The molecule has 9 nitrogen and oxygen atoms in total. The maximum absolute atomic E-state index is 14.6. The Bertz CT molecular complexity index is 2180. The van der Waals surface area contributed by atoms with E-state index in [2.05, 4.69) is 30.7 Å². The number of methoxy groups -OCH3 is 1. The molecule has 1 aliphatic heterocycles. The number of aryl methyl sites for hydroxylation is 6. The van der Waals surface area contributed by atoms with E-state index in [1.54, 1.807) is 13.2 Å². The second-order valence-corrected chi connectivity index (χ2v) is 14.5. The summed E-state index contributed by atoms with van der Waals surface area (Å²) >= 11 is 7.07. The van der Waals surface area contributed by atoms with E-state index in [4.69, 9.17) is 31.3 Å². The summed E-state index contributed by atoms with van der Waals surface area (Å²) in [4.78, 5) is 13.0. The number of carbonyl (C=O) groups is 1. The van der Waals surface area contributed by atoms with Crippen LogP contribution in [0.1, 0.15) is 88.9 Å². The van der Waals surface area contributed by atoms with E-state index in [-0.39, 0.29) is 23.3 Å². The summed E-state index contributed by atoms with van der Waals surface area (Å²) in [6.45, 7) is 10.9. The van der Waals surface area contributed by atoms with Gasteiger partial charge >= 0.3 is 5.97 Å². The van der Waals surface area contributed by atoms with Crippen LogP contribution in [-0.4, -0.2) is 55.5 Å². The second kappa shape index (κ2) is 14.9. The van der Waals surface area contributed by atoms with E-state index in [9.17, 15) is 14.3 Å². The number of hydrogen-bond acceptors (Lipinski definition) is 5. The lowest BCUT2D eigenvalue weighted by Gasteiger charge is -2.30. The molecule has 3 aromatic heterocycles. The Morgan fingerprint density at radius 1 is 1.12 bits per heavy atom. The normalized spacial score (nSPS) is 18.0. The number of nitrogens with zero attached hydrogens (tertiary/aromatic N) is 5. The predicted molar refractivity (Wildman–Crippen MR) is 202 cm³/mol. The van der Waals surface area contributed by atoms with E-state index in [1.165, 1.54) is 6.07 Å². The summed E-state index contributed by atoms with van der Waals surface area (Å²) in [5.41, 5.74) is 9.51. The van der Waals surface area contributed by atoms with E-state index >= 15 is 0 Å². The standard InChI is InChI=1S/C41H47ClFN5O4/c1-6-46-39-33-15-16-35(42)37(39)38-24(2)26(4)44-48(38)17-7-9-29-23-30(47(45-29)18-20-51-5)13-11-27-21-36(31-14-12-28(43)22-34(31)25(27)3)52-19-8-10-32(33)40(46)41(49)50/h12,14-16,21-23,25,27H,6-11,13,17-20H2,1-5H3,(H,49,50). The van der Waals surface area contributed by atoms with Crippen LogP contribution in [0.5, 0.6) is 0 Å². The molecule has 8 bridgehead atoms. The molecule has 5 aromatic rings. The van der Waals surface area contributed by atoms with E-state index in [1.807, 2.05) is 41.3 Å². The van der Waals surface area contributed by atoms with Crippen LogP contribution >= 0.6 is 11.6 Å². The molecule has 2 atom stereocenters. The maximum atomic E-state index is 14.6. The van der Waals surface area contributed by atoms with Crippen LogP contribution < -0.4 is 0 Å². The van der Waals surface area contributed by atoms with Gasteiger partial charge in [-0.2, -0.15) is 10.2 Å². The van der Waals surface area contributed by atoms with Crippen molar-refractivity contribution in [3.8, 4) is 11.3 Å². The molecular weight excluding hydrogens is 681 g/mol. The van der Waals surface area contributed by atoms with Crippen molar-refractivity contribution in [2.75, 3.05) is 20.3 Å². The molecule has 2 unspecified atom stereocenters. The average molecular weight is 728 g/mol.